The van der Waals surface area contributed by atoms with Gasteiger partial charge in [-0.05, 0) is 61.3 Å². The molecular weight excluding hydrogens is 406 g/mol. The SMILES string of the molecule is CC(C)(C)OC(=O)NC(=O)OC(C)(C)C.CO.COC1CCCCCC(=O)OC(C)C1. The summed E-state index contributed by atoms with van der Waals surface area (Å²) in [5.74, 6) is -0.0609. The van der Waals surface area contributed by atoms with Crippen molar-refractivity contribution in [2.45, 2.75) is 110 Å². The Morgan fingerprint density at radius 1 is 0.968 bits per heavy atom. The summed E-state index contributed by atoms with van der Waals surface area (Å²) >= 11 is 0. The number of carbonyl (C=O) groups excluding carboxylic acids is 3. The van der Waals surface area contributed by atoms with Crippen LogP contribution in [0.4, 0.5) is 9.59 Å². The number of cyclic esters (lactones) is 1. The standard InChI is InChI=1S/C11H20O3.C10H19NO4.CH4O/c1-9-8-10(13-2)6-4-3-5-7-11(12)14-9;1-9(2,3)14-7(12)11-8(13)15-10(4,5)6;1-2/h9-10H,3-8H2,1-2H3;1-6H3,(H,11,12,13);2H,1H3. The first kappa shape index (κ1) is 31.3. The van der Waals surface area contributed by atoms with Gasteiger partial charge in [0.25, 0.3) is 0 Å². The van der Waals surface area contributed by atoms with E-state index in [1.54, 1.807) is 48.7 Å². The maximum atomic E-state index is 11.2. The first-order chi connectivity index (χ1) is 14.2. The first-order valence-electron chi connectivity index (χ1n) is 10.6. The molecule has 0 radical (unpaired) electrons. The molecule has 0 spiro atoms. The van der Waals surface area contributed by atoms with E-state index in [4.69, 9.17) is 24.1 Å². The zero-order valence-corrected chi connectivity index (χ0v) is 20.7. The third-order valence-corrected chi connectivity index (χ3v) is 3.67. The van der Waals surface area contributed by atoms with Crippen molar-refractivity contribution in [1.82, 2.24) is 5.32 Å². The predicted molar refractivity (Wildman–Crippen MR) is 118 cm³/mol. The molecule has 1 heterocycles. The summed E-state index contributed by atoms with van der Waals surface area (Å²) in [6.07, 6.45) is 4.29. The third-order valence-electron chi connectivity index (χ3n) is 3.67. The average Bonchev–Trinajstić information content (AvgIpc) is 2.59. The molecule has 0 saturated carbocycles. The molecule has 2 N–H and O–H groups in total. The molecule has 0 aliphatic carbocycles. The van der Waals surface area contributed by atoms with Gasteiger partial charge in [0.2, 0.25) is 0 Å². The van der Waals surface area contributed by atoms with E-state index in [9.17, 15) is 14.4 Å². The molecule has 0 aromatic heterocycles. The van der Waals surface area contributed by atoms with Crippen molar-refractivity contribution >= 4 is 18.2 Å². The zero-order chi connectivity index (χ0) is 24.7. The van der Waals surface area contributed by atoms with Gasteiger partial charge in [-0.25, -0.2) is 14.9 Å². The molecular formula is C22H43NO8. The van der Waals surface area contributed by atoms with Crippen LogP contribution in [0.1, 0.15) is 87.0 Å². The molecule has 1 fully saturated rings. The summed E-state index contributed by atoms with van der Waals surface area (Å²) < 4.78 is 20.3. The van der Waals surface area contributed by atoms with E-state index in [2.05, 4.69) is 0 Å². The number of imide groups is 1. The number of methoxy groups -OCH3 is 1. The van der Waals surface area contributed by atoms with Crippen molar-refractivity contribution in [3.63, 3.8) is 0 Å². The van der Waals surface area contributed by atoms with Gasteiger partial charge >= 0.3 is 18.2 Å². The summed E-state index contributed by atoms with van der Waals surface area (Å²) in [6.45, 7) is 12.2. The number of nitrogens with one attached hydrogen (secondary N) is 1. The van der Waals surface area contributed by atoms with Gasteiger partial charge in [0, 0.05) is 27.1 Å². The van der Waals surface area contributed by atoms with Gasteiger partial charge < -0.3 is 24.1 Å². The Morgan fingerprint density at radius 2 is 1.45 bits per heavy atom. The Labute approximate surface area is 187 Å². The molecule has 9 heteroatoms. The Bertz CT molecular complexity index is 497. The molecule has 1 aliphatic heterocycles. The average molecular weight is 450 g/mol. The fraction of sp³-hybridized carbons (Fsp3) is 0.864. The lowest BCUT2D eigenvalue weighted by Crippen LogP contribution is -2.39. The van der Waals surface area contributed by atoms with Crippen molar-refractivity contribution in [1.29, 1.82) is 0 Å². The van der Waals surface area contributed by atoms with E-state index < -0.39 is 23.4 Å². The smallest absolute Gasteiger partial charge is 0.417 e. The molecule has 1 rings (SSSR count). The van der Waals surface area contributed by atoms with Crippen LogP contribution in [0.25, 0.3) is 0 Å². The largest absolute Gasteiger partial charge is 0.463 e. The monoisotopic (exact) mass is 449 g/mol. The lowest BCUT2D eigenvalue weighted by atomic mass is 10.0. The van der Waals surface area contributed by atoms with Gasteiger partial charge in [0.15, 0.2) is 0 Å². The van der Waals surface area contributed by atoms with Crippen molar-refractivity contribution < 1.29 is 38.4 Å². The van der Waals surface area contributed by atoms with Crippen molar-refractivity contribution in [2.24, 2.45) is 0 Å². The van der Waals surface area contributed by atoms with Gasteiger partial charge in [0.05, 0.1) is 6.10 Å². The van der Waals surface area contributed by atoms with Crippen LogP contribution in [0.3, 0.4) is 0 Å². The van der Waals surface area contributed by atoms with Gasteiger partial charge in [-0.1, -0.05) is 12.8 Å². The Balaban J connectivity index is 0. The molecule has 0 bridgehead atoms. The summed E-state index contributed by atoms with van der Waals surface area (Å²) in [4.78, 5) is 33.5. The number of aliphatic hydroxyl groups is 1. The predicted octanol–water partition coefficient (Wildman–Crippen LogP) is 4.34. The van der Waals surface area contributed by atoms with Gasteiger partial charge in [-0.15, -0.1) is 0 Å². The molecule has 2 amide bonds. The summed E-state index contributed by atoms with van der Waals surface area (Å²) in [5.41, 5.74) is -1.27. The van der Waals surface area contributed by atoms with E-state index >= 15 is 0 Å². The zero-order valence-electron chi connectivity index (χ0n) is 20.7. The van der Waals surface area contributed by atoms with Gasteiger partial charge in [-0.3, -0.25) is 4.79 Å². The molecule has 1 saturated heterocycles. The normalized spacial score (nSPS) is 19.9. The number of rotatable bonds is 1. The van der Waals surface area contributed by atoms with Crippen LogP contribution < -0.4 is 5.32 Å². The Morgan fingerprint density at radius 3 is 1.87 bits per heavy atom. The maximum absolute atomic E-state index is 11.2. The number of hydrogen-bond acceptors (Lipinski definition) is 8. The molecule has 1 aliphatic rings. The van der Waals surface area contributed by atoms with E-state index in [1.807, 2.05) is 12.2 Å². The Kier molecular flexibility index (Phi) is 16.0. The van der Waals surface area contributed by atoms with Crippen LogP contribution in [0.15, 0.2) is 0 Å². The van der Waals surface area contributed by atoms with Gasteiger partial charge in [0.1, 0.15) is 17.3 Å². The highest BCUT2D eigenvalue weighted by Gasteiger charge is 2.22. The lowest BCUT2D eigenvalue weighted by Gasteiger charge is -2.22. The topological polar surface area (TPSA) is 120 Å². The van der Waals surface area contributed by atoms with Crippen LogP contribution >= 0.6 is 0 Å². The lowest BCUT2D eigenvalue weighted by molar-refractivity contribution is -0.150. The highest BCUT2D eigenvalue weighted by molar-refractivity contribution is 5.87. The second kappa shape index (κ2) is 15.9. The maximum Gasteiger partial charge on any atom is 0.417 e. The molecule has 31 heavy (non-hydrogen) atoms. The molecule has 0 aromatic rings. The number of ether oxygens (including phenoxy) is 4. The highest BCUT2D eigenvalue weighted by Crippen LogP contribution is 2.17. The summed E-state index contributed by atoms with van der Waals surface area (Å²) in [6, 6.07) is 0. The minimum absolute atomic E-state index is 0.00875. The second-order valence-electron chi connectivity index (χ2n) is 9.12. The third kappa shape index (κ3) is 21.2. The van der Waals surface area contributed by atoms with Crippen LogP contribution in [-0.2, 0) is 23.7 Å². The van der Waals surface area contributed by atoms with E-state index in [0.29, 0.717) is 6.42 Å². The minimum Gasteiger partial charge on any atom is -0.463 e. The second-order valence-corrected chi connectivity index (χ2v) is 9.12. The number of carbonyl (C=O) groups is 3. The first-order valence-corrected chi connectivity index (χ1v) is 10.6. The van der Waals surface area contributed by atoms with Crippen LogP contribution in [0.2, 0.25) is 0 Å². The summed E-state index contributed by atoms with van der Waals surface area (Å²) in [7, 11) is 2.73. The number of alkyl carbamates (subject to hydrolysis) is 2. The number of hydrogen-bond donors (Lipinski definition) is 2. The van der Waals surface area contributed by atoms with Crippen molar-refractivity contribution in [3.8, 4) is 0 Å². The van der Waals surface area contributed by atoms with E-state index in [1.165, 1.54) is 0 Å². The fourth-order valence-electron chi connectivity index (χ4n) is 2.54. The fourth-order valence-corrected chi connectivity index (χ4v) is 2.54. The molecule has 184 valence electrons. The van der Waals surface area contributed by atoms with E-state index in [-0.39, 0.29) is 18.2 Å². The number of esters is 1. The van der Waals surface area contributed by atoms with Crippen molar-refractivity contribution in [3.05, 3.63) is 0 Å². The van der Waals surface area contributed by atoms with Crippen LogP contribution in [-0.4, -0.2) is 60.9 Å². The summed E-state index contributed by atoms with van der Waals surface area (Å²) in [5, 5.41) is 8.97. The quantitative estimate of drug-likeness (QED) is 0.448. The molecule has 9 nitrogen and oxygen atoms in total. The Hall–Kier alpha value is -1.87. The highest BCUT2D eigenvalue weighted by atomic mass is 16.6. The number of amides is 2. The van der Waals surface area contributed by atoms with E-state index in [0.717, 1.165) is 39.2 Å². The molecule has 0 aromatic carbocycles. The van der Waals surface area contributed by atoms with Crippen LogP contribution in [0.5, 0.6) is 0 Å². The van der Waals surface area contributed by atoms with Crippen LogP contribution in [0, 0.1) is 0 Å². The molecule has 2 unspecified atom stereocenters. The minimum atomic E-state index is -0.809. The van der Waals surface area contributed by atoms with Gasteiger partial charge in [-0.2, -0.15) is 0 Å². The van der Waals surface area contributed by atoms with Crippen molar-refractivity contribution in [2.75, 3.05) is 14.2 Å². The molecule has 2 atom stereocenters. The number of aliphatic hydroxyl groups excluding tert-OH is 1.